The van der Waals surface area contributed by atoms with E-state index >= 15 is 0 Å². The molecule has 2 saturated heterocycles. The third-order valence-electron chi connectivity index (χ3n) is 7.22. The standard InChI is InChI=1S/C25H35Cl2N7O/c1-17(30-25(35)33(4)18-7-9-31(2)10-8-18)19-5-6-20(24(27)23(19)26)21-15-29-22(16-28-21)34-13-11-32(3)12-14-34/h5-6,15-18H,7-14H2,1-4H3,(H,30,35). The minimum Gasteiger partial charge on any atom is -0.353 e. The lowest BCUT2D eigenvalue weighted by atomic mass is 10.0. The number of likely N-dealkylation sites (N-methyl/N-ethyl adjacent to an activating group) is 1. The van der Waals surface area contributed by atoms with Crippen molar-refractivity contribution in [3.63, 3.8) is 0 Å². The van der Waals surface area contributed by atoms with Gasteiger partial charge in [-0.15, -0.1) is 0 Å². The Morgan fingerprint density at radius 2 is 1.66 bits per heavy atom. The topological polar surface area (TPSA) is 67.8 Å². The fourth-order valence-corrected chi connectivity index (χ4v) is 5.27. The second kappa shape index (κ2) is 11.3. The first-order valence-corrected chi connectivity index (χ1v) is 13.0. The lowest BCUT2D eigenvalue weighted by molar-refractivity contribution is 0.146. The fourth-order valence-electron chi connectivity index (χ4n) is 4.67. The summed E-state index contributed by atoms with van der Waals surface area (Å²) in [4.78, 5) is 30.7. The van der Waals surface area contributed by atoms with Crippen molar-refractivity contribution in [2.45, 2.75) is 31.8 Å². The quantitative estimate of drug-likeness (QED) is 0.643. The first-order valence-electron chi connectivity index (χ1n) is 12.2. The van der Waals surface area contributed by atoms with Crippen LogP contribution < -0.4 is 10.2 Å². The van der Waals surface area contributed by atoms with E-state index in [0.29, 0.717) is 15.7 Å². The van der Waals surface area contributed by atoms with Gasteiger partial charge in [-0.1, -0.05) is 35.3 Å². The molecule has 10 heteroatoms. The largest absolute Gasteiger partial charge is 0.353 e. The molecule has 8 nitrogen and oxygen atoms in total. The first kappa shape index (κ1) is 25.9. The Bertz CT molecular complexity index is 1020. The average Bonchev–Trinajstić information content (AvgIpc) is 2.86. The SMILES string of the molecule is CC(NC(=O)N(C)C1CCN(C)CC1)c1ccc(-c2cnc(N3CCN(C)CC3)cn2)c(Cl)c1Cl. The summed E-state index contributed by atoms with van der Waals surface area (Å²) in [5.74, 6) is 0.866. The van der Waals surface area contributed by atoms with E-state index in [1.807, 2.05) is 31.0 Å². The molecule has 0 saturated carbocycles. The molecular formula is C25H35Cl2N7O. The first-order chi connectivity index (χ1) is 16.7. The average molecular weight is 521 g/mol. The van der Waals surface area contributed by atoms with Gasteiger partial charge in [0.15, 0.2) is 0 Å². The monoisotopic (exact) mass is 519 g/mol. The lowest BCUT2D eigenvalue weighted by Crippen LogP contribution is -2.48. The van der Waals surface area contributed by atoms with Crippen molar-refractivity contribution < 1.29 is 4.79 Å². The number of urea groups is 1. The Hall–Kier alpha value is -2.13. The molecule has 2 aliphatic rings. The number of likely N-dealkylation sites (tertiary alicyclic amines) is 1. The molecule has 2 aliphatic heterocycles. The summed E-state index contributed by atoms with van der Waals surface area (Å²) in [6.45, 7) is 7.80. The van der Waals surface area contributed by atoms with Gasteiger partial charge in [0.2, 0.25) is 0 Å². The summed E-state index contributed by atoms with van der Waals surface area (Å²) in [5.41, 5.74) is 2.16. The van der Waals surface area contributed by atoms with Gasteiger partial charge in [0.1, 0.15) is 5.82 Å². The normalized spacial score (nSPS) is 19.0. The highest BCUT2D eigenvalue weighted by Gasteiger charge is 2.26. The van der Waals surface area contributed by atoms with Crippen molar-refractivity contribution in [1.82, 2.24) is 30.0 Å². The molecule has 4 rings (SSSR count). The molecular weight excluding hydrogens is 485 g/mol. The molecule has 0 aliphatic carbocycles. The number of rotatable bonds is 5. The van der Waals surface area contributed by atoms with Crippen LogP contribution >= 0.6 is 23.2 Å². The van der Waals surface area contributed by atoms with Crippen LogP contribution in [0.5, 0.6) is 0 Å². The highest BCUT2D eigenvalue weighted by molar-refractivity contribution is 6.44. The van der Waals surface area contributed by atoms with Crippen LogP contribution in [-0.4, -0.2) is 97.2 Å². The number of hydrogen-bond acceptors (Lipinski definition) is 6. The van der Waals surface area contributed by atoms with E-state index < -0.39 is 0 Å². The van der Waals surface area contributed by atoms with E-state index in [2.05, 4.69) is 44.1 Å². The number of nitrogens with one attached hydrogen (secondary N) is 1. The van der Waals surface area contributed by atoms with Gasteiger partial charge in [-0.3, -0.25) is 4.98 Å². The molecule has 1 aromatic heterocycles. The van der Waals surface area contributed by atoms with Gasteiger partial charge in [0.25, 0.3) is 0 Å². The number of anilines is 1. The van der Waals surface area contributed by atoms with Gasteiger partial charge < -0.3 is 24.9 Å². The fraction of sp³-hybridized carbons (Fsp3) is 0.560. The van der Waals surface area contributed by atoms with Crippen LogP contribution in [0.1, 0.15) is 31.4 Å². The van der Waals surface area contributed by atoms with E-state index in [9.17, 15) is 4.79 Å². The highest BCUT2D eigenvalue weighted by atomic mass is 35.5. The maximum Gasteiger partial charge on any atom is 0.317 e. The van der Waals surface area contributed by atoms with Crippen molar-refractivity contribution in [2.75, 3.05) is 65.3 Å². The van der Waals surface area contributed by atoms with Crippen molar-refractivity contribution in [3.8, 4) is 11.3 Å². The molecule has 1 atom stereocenters. The molecule has 2 aromatic rings. The van der Waals surface area contributed by atoms with Gasteiger partial charge >= 0.3 is 6.03 Å². The number of carbonyl (C=O) groups is 1. The van der Waals surface area contributed by atoms with Crippen LogP contribution in [0, 0.1) is 0 Å². The predicted molar refractivity (Wildman–Crippen MR) is 142 cm³/mol. The number of piperazine rings is 1. The number of carbonyl (C=O) groups excluding carboxylic acids is 1. The van der Waals surface area contributed by atoms with E-state index in [1.165, 1.54) is 0 Å². The molecule has 0 spiro atoms. The van der Waals surface area contributed by atoms with Crippen molar-refractivity contribution >= 4 is 35.1 Å². The zero-order chi connectivity index (χ0) is 25.1. The predicted octanol–water partition coefficient (Wildman–Crippen LogP) is 4.00. The zero-order valence-electron chi connectivity index (χ0n) is 21.0. The smallest absolute Gasteiger partial charge is 0.317 e. The second-order valence-corrected chi connectivity index (χ2v) is 10.5. The van der Waals surface area contributed by atoms with Gasteiger partial charge in [0, 0.05) is 44.8 Å². The van der Waals surface area contributed by atoms with Crippen LogP contribution in [0.15, 0.2) is 24.5 Å². The maximum atomic E-state index is 12.9. The van der Waals surface area contributed by atoms with Gasteiger partial charge in [-0.05, 0) is 52.5 Å². The van der Waals surface area contributed by atoms with E-state index in [4.69, 9.17) is 23.2 Å². The Balaban J connectivity index is 1.43. The zero-order valence-corrected chi connectivity index (χ0v) is 22.5. The van der Waals surface area contributed by atoms with Gasteiger partial charge in [-0.25, -0.2) is 9.78 Å². The van der Waals surface area contributed by atoms with Crippen molar-refractivity contribution in [1.29, 1.82) is 0 Å². The molecule has 0 bridgehead atoms. The van der Waals surface area contributed by atoms with Crippen LogP contribution in [0.4, 0.5) is 10.6 Å². The van der Waals surface area contributed by atoms with Crippen LogP contribution in [0.2, 0.25) is 10.0 Å². The summed E-state index contributed by atoms with van der Waals surface area (Å²) in [7, 11) is 6.10. The summed E-state index contributed by atoms with van der Waals surface area (Å²) in [5, 5.41) is 3.90. The lowest BCUT2D eigenvalue weighted by Gasteiger charge is -2.35. The number of amides is 2. The van der Waals surface area contributed by atoms with Crippen LogP contribution in [0.3, 0.4) is 0 Å². The third kappa shape index (κ3) is 6.00. The third-order valence-corrected chi connectivity index (χ3v) is 8.11. The summed E-state index contributed by atoms with van der Waals surface area (Å²) in [6, 6.07) is 3.65. The van der Waals surface area contributed by atoms with Crippen LogP contribution in [-0.2, 0) is 0 Å². The molecule has 1 N–H and O–H groups in total. The Labute approximate surface area is 218 Å². The summed E-state index contributed by atoms with van der Waals surface area (Å²) in [6.07, 6.45) is 5.49. The van der Waals surface area contributed by atoms with Crippen molar-refractivity contribution in [3.05, 3.63) is 40.1 Å². The molecule has 0 radical (unpaired) electrons. The summed E-state index contributed by atoms with van der Waals surface area (Å²) >= 11 is 13.3. The van der Waals surface area contributed by atoms with Crippen LogP contribution in [0.25, 0.3) is 11.3 Å². The molecule has 190 valence electrons. The molecule has 35 heavy (non-hydrogen) atoms. The number of piperidine rings is 1. The number of hydrogen-bond donors (Lipinski definition) is 1. The van der Waals surface area contributed by atoms with E-state index in [0.717, 1.165) is 69.1 Å². The molecule has 3 heterocycles. The second-order valence-electron chi connectivity index (χ2n) is 9.70. The minimum atomic E-state index is -0.291. The maximum absolute atomic E-state index is 12.9. The minimum absolute atomic E-state index is 0.103. The van der Waals surface area contributed by atoms with Gasteiger partial charge in [-0.2, -0.15) is 0 Å². The Morgan fingerprint density at radius 3 is 2.29 bits per heavy atom. The van der Waals surface area contributed by atoms with Crippen molar-refractivity contribution in [2.24, 2.45) is 0 Å². The summed E-state index contributed by atoms with van der Waals surface area (Å²) < 4.78 is 0. The molecule has 1 unspecified atom stereocenters. The van der Waals surface area contributed by atoms with E-state index in [-0.39, 0.29) is 18.1 Å². The Kier molecular flexibility index (Phi) is 8.37. The van der Waals surface area contributed by atoms with E-state index in [1.54, 1.807) is 12.4 Å². The number of nitrogens with zero attached hydrogens (tertiary/aromatic N) is 6. The molecule has 1 aromatic carbocycles. The molecule has 2 fully saturated rings. The number of halogens is 2. The highest BCUT2D eigenvalue weighted by Crippen LogP contribution is 2.37. The number of benzene rings is 1. The molecule has 2 amide bonds. The van der Waals surface area contributed by atoms with Gasteiger partial charge in [0.05, 0.1) is 34.2 Å². The Morgan fingerprint density at radius 1 is 1.00 bits per heavy atom. The number of aromatic nitrogens is 2.